The predicted octanol–water partition coefficient (Wildman–Crippen LogP) is 2.08. The van der Waals surface area contributed by atoms with Gasteiger partial charge in [0.2, 0.25) is 0 Å². The number of ether oxygens (including phenoxy) is 2. The number of carbonyl (C=O) groups excluding carboxylic acids is 1. The molecule has 90 valence electrons. The van der Waals surface area contributed by atoms with Crippen molar-refractivity contribution in [1.82, 2.24) is 4.90 Å². The normalized spacial score (nSPS) is 18.3. The van der Waals surface area contributed by atoms with E-state index in [4.69, 9.17) is 4.74 Å². The SMILES string of the molecule is COC(=O)CN1C=COC(C2=CC=CCC2)=C1. The van der Waals surface area contributed by atoms with Crippen LogP contribution in [-0.4, -0.2) is 24.5 Å². The van der Waals surface area contributed by atoms with Crippen molar-refractivity contribution in [3.63, 3.8) is 0 Å². The van der Waals surface area contributed by atoms with Crippen LogP contribution in [0.2, 0.25) is 0 Å². The Morgan fingerprint density at radius 2 is 2.47 bits per heavy atom. The lowest BCUT2D eigenvalue weighted by Crippen LogP contribution is -2.23. The van der Waals surface area contributed by atoms with Crippen molar-refractivity contribution in [2.45, 2.75) is 12.8 Å². The Morgan fingerprint density at radius 3 is 3.18 bits per heavy atom. The summed E-state index contributed by atoms with van der Waals surface area (Å²) in [6.07, 6.45) is 13.3. The van der Waals surface area contributed by atoms with Crippen molar-refractivity contribution in [2.24, 2.45) is 0 Å². The molecule has 0 aromatic carbocycles. The van der Waals surface area contributed by atoms with E-state index in [-0.39, 0.29) is 12.5 Å². The van der Waals surface area contributed by atoms with Gasteiger partial charge in [0.05, 0.1) is 7.11 Å². The van der Waals surface area contributed by atoms with Gasteiger partial charge in [0.25, 0.3) is 0 Å². The third kappa shape index (κ3) is 3.00. The van der Waals surface area contributed by atoms with Crippen molar-refractivity contribution in [1.29, 1.82) is 0 Å². The summed E-state index contributed by atoms with van der Waals surface area (Å²) in [7, 11) is 1.38. The summed E-state index contributed by atoms with van der Waals surface area (Å²) in [5.41, 5.74) is 1.15. The van der Waals surface area contributed by atoms with Crippen LogP contribution in [0.25, 0.3) is 0 Å². The largest absolute Gasteiger partial charge is 0.468 e. The summed E-state index contributed by atoms with van der Waals surface area (Å²) in [4.78, 5) is 12.9. The maximum atomic E-state index is 11.2. The molecule has 1 aliphatic carbocycles. The molecule has 2 aliphatic rings. The zero-order chi connectivity index (χ0) is 12.1. The Kier molecular flexibility index (Phi) is 3.65. The first-order valence-electron chi connectivity index (χ1n) is 5.53. The molecule has 0 saturated carbocycles. The molecule has 0 aromatic rings. The molecule has 0 N–H and O–H groups in total. The molecule has 0 amide bonds. The number of carbonyl (C=O) groups is 1. The molecule has 0 saturated heterocycles. The molecule has 0 aromatic heterocycles. The molecular formula is C13H15NO3. The van der Waals surface area contributed by atoms with Crippen LogP contribution >= 0.6 is 0 Å². The van der Waals surface area contributed by atoms with Crippen LogP contribution < -0.4 is 0 Å². The minimum absolute atomic E-state index is 0.197. The summed E-state index contributed by atoms with van der Waals surface area (Å²) < 4.78 is 10.1. The molecule has 4 heteroatoms. The third-order valence-corrected chi connectivity index (χ3v) is 2.60. The van der Waals surface area contributed by atoms with E-state index >= 15 is 0 Å². The quantitative estimate of drug-likeness (QED) is 0.700. The lowest BCUT2D eigenvalue weighted by atomic mass is 10.0. The first-order chi connectivity index (χ1) is 8.29. The van der Waals surface area contributed by atoms with Gasteiger partial charge in [-0.15, -0.1) is 0 Å². The Bertz CT molecular complexity index is 418. The predicted molar refractivity (Wildman–Crippen MR) is 63.5 cm³/mol. The second kappa shape index (κ2) is 5.39. The maximum Gasteiger partial charge on any atom is 0.325 e. The van der Waals surface area contributed by atoms with Gasteiger partial charge in [-0.3, -0.25) is 4.79 Å². The Balaban J connectivity index is 2.06. The number of allylic oxidation sites excluding steroid dienone is 4. The Hall–Kier alpha value is -1.97. The number of esters is 1. The molecule has 0 atom stereocenters. The van der Waals surface area contributed by atoms with E-state index in [0.29, 0.717) is 0 Å². The number of methoxy groups -OCH3 is 1. The van der Waals surface area contributed by atoms with E-state index in [1.165, 1.54) is 7.11 Å². The molecule has 0 fully saturated rings. The van der Waals surface area contributed by atoms with Gasteiger partial charge < -0.3 is 14.4 Å². The molecular weight excluding hydrogens is 218 g/mol. The molecule has 0 unspecified atom stereocenters. The number of hydrogen-bond donors (Lipinski definition) is 0. The van der Waals surface area contributed by atoms with Crippen molar-refractivity contribution >= 4 is 5.97 Å². The monoisotopic (exact) mass is 233 g/mol. The molecule has 0 bridgehead atoms. The fourth-order valence-corrected chi connectivity index (χ4v) is 1.68. The highest BCUT2D eigenvalue weighted by atomic mass is 16.5. The number of rotatable bonds is 3. The first-order valence-corrected chi connectivity index (χ1v) is 5.53. The van der Waals surface area contributed by atoms with E-state index in [1.54, 1.807) is 17.4 Å². The van der Waals surface area contributed by atoms with Gasteiger partial charge in [0.1, 0.15) is 18.6 Å². The summed E-state index contributed by atoms with van der Waals surface area (Å²) in [6.45, 7) is 0.197. The average molecular weight is 233 g/mol. The molecule has 1 aliphatic heterocycles. The topological polar surface area (TPSA) is 38.8 Å². The first kappa shape index (κ1) is 11.5. The van der Waals surface area contributed by atoms with E-state index in [9.17, 15) is 4.79 Å². The van der Waals surface area contributed by atoms with Crippen molar-refractivity contribution in [3.8, 4) is 0 Å². The van der Waals surface area contributed by atoms with Crippen LogP contribution in [0.15, 0.2) is 48.2 Å². The molecule has 17 heavy (non-hydrogen) atoms. The lowest BCUT2D eigenvalue weighted by molar-refractivity contribution is -0.140. The summed E-state index contributed by atoms with van der Waals surface area (Å²) in [5, 5.41) is 0. The van der Waals surface area contributed by atoms with E-state index in [1.807, 2.05) is 18.4 Å². The second-order valence-corrected chi connectivity index (χ2v) is 3.80. The van der Waals surface area contributed by atoms with Gasteiger partial charge >= 0.3 is 5.97 Å². The number of hydrogen-bond acceptors (Lipinski definition) is 4. The average Bonchev–Trinajstić information content (AvgIpc) is 2.40. The van der Waals surface area contributed by atoms with Crippen LogP contribution in [0.1, 0.15) is 12.8 Å². The van der Waals surface area contributed by atoms with Crippen LogP contribution in [0.3, 0.4) is 0 Å². The Labute approximate surface area is 100 Å². The zero-order valence-corrected chi connectivity index (χ0v) is 9.76. The minimum atomic E-state index is -0.273. The molecule has 4 nitrogen and oxygen atoms in total. The van der Waals surface area contributed by atoms with Crippen molar-refractivity contribution < 1.29 is 14.3 Å². The summed E-state index contributed by atoms with van der Waals surface area (Å²) in [5.74, 6) is 0.519. The summed E-state index contributed by atoms with van der Waals surface area (Å²) in [6, 6.07) is 0. The van der Waals surface area contributed by atoms with Crippen LogP contribution in [-0.2, 0) is 14.3 Å². The lowest BCUT2D eigenvalue weighted by Gasteiger charge is -2.22. The maximum absolute atomic E-state index is 11.2. The zero-order valence-electron chi connectivity index (χ0n) is 9.76. The van der Waals surface area contributed by atoms with Gasteiger partial charge in [0, 0.05) is 12.4 Å². The fourth-order valence-electron chi connectivity index (χ4n) is 1.68. The molecule has 0 spiro atoms. The highest BCUT2D eigenvalue weighted by molar-refractivity contribution is 5.71. The van der Waals surface area contributed by atoms with E-state index in [0.717, 1.165) is 24.2 Å². The summed E-state index contributed by atoms with van der Waals surface area (Å²) >= 11 is 0. The van der Waals surface area contributed by atoms with Gasteiger partial charge in [-0.2, -0.15) is 0 Å². The van der Waals surface area contributed by atoms with E-state index < -0.39 is 0 Å². The van der Waals surface area contributed by atoms with Gasteiger partial charge in [0.15, 0.2) is 0 Å². The fraction of sp³-hybridized carbons (Fsp3) is 0.308. The van der Waals surface area contributed by atoms with Gasteiger partial charge in [-0.1, -0.05) is 18.2 Å². The van der Waals surface area contributed by atoms with Crippen LogP contribution in [0.5, 0.6) is 0 Å². The van der Waals surface area contributed by atoms with Gasteiger partial charge in [-0.05, 0) is 18.4 Å². The van der Waals surface area contributed by atoms with Crippen molar-refractivity contribution in [3.05, 3.63) is 48.2 Å². The standard InChI is InChI=1S/C13H15NO3/c1-16-13(15)10-14-7-8-17-12(9-14)11-5-3-2-4-6-11/h2-3,5,7-9H,4,6,10H2,1H3. The molecule has 0 radical (unpaired) electrons. The highest BCUT2D eigenvalue weighted by Crippen LogP contribution is 2.24. The van der Waals surface area contributed by atoms with Gasteiger partial charge in [-0.25, -0.2) is 0 Å². The molecule has 2 rings (SSSR count). The second-order valence-electron chi connectivity index (χ2n) is 3.80. The third-order valence-electron chi connectivity index (χ3n) is 2.60. The highest BCUT2D eigenvalue weighted by Gasteiger charge is 2.14. The van der Waals surface area contributed by atoms with E-state index in [2.05, 4.69) is 10.8 Å². The smallest absolute Gasteiger partial charge is 0.325 e. The Morgan fingerprint density at radius 1 is 1.59 bits per heavy atom. The molecule has 1 heterocycles. The van der Waals surface area contributed by atoms with Crippen LogP contribution in [0, 0.1) is 0 Å². The minimum Gasteiger partial charge on any atom is -0.468 e. The van der Waals surface area contributed by atoms with Crippen LogP contribution in [0.4, 0.5) is 0 Å². The number of nitrogens with zero attached hydrogens (tertiary/aromatic N) is 1. The van der Waals surface area contributed by atoms with Crippen molar-refractivity contribution in [2.75, 3.05) is 13.7 Å².